The standard InChI is InChI=1S/C21H17ClN6O/c1-2-28-20(17(22)10-26-28)21(29)27-18-6-12(5-13-7-23-9-16(13)18)15-8-24-11-19-14(15)3-4-25-19/h3-6,8-11,25H,2,7H2,1H3,(H,27,29). The van der Waals surface area contributed by atoms with Gasteiger partial charge in [-0.3, -0.25) is 19.5 Å². The second-order valence-corrected chi connectivity index (χ2v) is 7.21. The Morgan fingerprint density at radius 2 is 2.21 bits per heavy atom. The van der Waals surface area contributed by atoms with Gasteiger partial charge in [0.25, 0.3) is 5.91 Å². The van der Waals surface area contributed by atoms with Crippen LogP contribution in [0, 0.1) is 0 Å². The van der Waals surface area contributed by atoms with Crippen LogP contribution in [0.4, 0.5) is 5.69 Å². The normalized spacial score (nSPS) is 12.5. The van der Waals surface area contributed by atoms with Crippen molar-refractivity contribution in [3.05, 3.63) is 64.8 Å². The molecular weight excluding hydrogens is 388 g/mol. The van der Waals surface area contributed by atoms with Crippen LogP contribution < -0.4 is 5.32 Å². The van der Waals surface area contributed by atoms with E-state index in [1.165, 1.54) is 6.20 Å². The number of hydrogen-bond donors (Lipinski definition) is 2. The number of amides is 1. The van der Waals surface area contributed by atoms with E-state index in [4.69, 9.17) is 11.6 Å². The van der Waals surface area contributed by atoms with Crippen molar-refractivity contribution in [2.45, 2.75) is 20.0 Å². The molecule has 29 heavy (non-hydrogen) atoms. The summed E-state index contributed by atoms with van der Waals surface area (Å²) in [4.78, 5) is 24.9. The Morgan fingerprint density at radius 1 is 1.31 bits per heavy atom. The lowest BCUT2D eigenvalue weighted by Gasteiger charge is -2.13. The van der Waals surface area contributed by atoms with Gasteiger partial charge in [-0.1, -0.05) is 11.6 Å². The SMILES string of the molecule is CCn1ncc(Cl)c1C(=O)Nc1cc(-c2cncc3[nH]ccc23)cc2c1C=NC2. The Labute approximate surface area is 171 Å². The second-order valence-electron chi connectivity index (χ2n) is 6.80. The van der Waals surface area contributed by atoms with E-state index in [2.05, 4.69) is 31.4 Å². The summed E-state index contributed by atoms with van der Waals surface area (Å²) in [5.74, 6) is -0.299. The highest BCUT2D eigenvalue weighted by molar-refractivity contribution is 6.34. The number of benzene rings is 1. The van der Waals surface area contributed by atoms with Gasteiger partial charge in [-0.25, -0.2) is 0 Å². The van der Waals surface area contributed by atoms with E-state index < -0.39 is 0 Å². The molecule has 0 unspecified atom stereocenters. The van der Waals surface area contributed by atoms with E-state index in [1.807, 2.05) is 31.5 Å². The predicted molar refractivity (Wildman–Crippen MR) is 114 cm³/mol. The van der Waals surface area contributed by atoms with E-state index >= 15 is 0 Å². The molecule has 4 aromatic rings. The van der Waals surface area contributed by atoms with Crippen molar-refractivity contribution in [3.8, 4) is 11.1 Å². The largest absolute Gasteiger partial charge is 0.360 e. The zero-order valence-electron chi connectivity index (χ0n) is 15.6. The molecule has 3 aromatic heterocycles. The number of pyridine rings is 1. The van der Waals surface area contributed by atoms with E-state index in [0.29, 0.717) is 29.5 Å². The molecule has 0 saturated heterocycles. The smallest absolute Gasteiger partial charge is 0.275 e. The fourth-order valence-corrected chi connectivity index (χ4v) is 3.94. The lowest BCUT2D eigenvalue weighted by atomic mass is 9.97. The van der Waals surface area contributed by atoms with Gasteiger partial charge in [0.15, 0.2) is 0 Å². The quantitative estimate of drug-likeness (QED) is 0.532. The number of aryl methyl sites for hydroxylation is 1. The molecule has 4 heterocycles. The Hall–Kier alpha value is -3.45. The van der Waals surface area contributed by atoms with Crippen molar-refractivity contribution >= 4 is 40.3 Å². The van der Waals surface area contributed by atoms with Crippen molar-refractivity contribution in [1.82, 2.24) is 19.7 Å². The van der Waals surface area contributed by atoms with Crippen LogP contribution in [0.5, 0.6) is 0 Å². The maximum atomic E-state index is 13.0. The molecular formula is C21H17ClN6O. The molecule has 0 saturated carbocycles. The summed E-state index contributed by atoms with van der Waals surface area (Å²) < 4.78 is 1.58. The van der Waals surface area contributed by atoms with Gasteiger partial charge in [-0.05, 0) is 36.2 Å². The first-order valence-electron chi connectivity index (χ1n) is 9.26. The fraction of sp³-hybridized carbons (Fsp3) is 0.143. The summed E-state index contributed by atoms with van der Waals surface area (Å²) in [5.41, 5.74) is 5.93. The van der Waals surface area contributed by atoms with E-state index in [0.717, 1.165) is 33.2 Å². The third-order valence-corrected chi connectivity index (χ3v) is 5.37. The lowest BCUT2D eigenvalue weighted by molar-refractivity contribution is 0.101. The number of hydrogen-bond acceptors (Lipinski definition) is 4. The first kappa shape index (κ1) is 17.6. The van der Waals surface area contributed by atoms with E-state index in [-0.39, 0.29) is 5.91 Å². The lowest BCUT2D eigenvalue weighted by Crippen LogP contribution is -2.19. The maximum Gasteiger partial charge on any atom is 0.275 e. The third-order valence-electron chi connectivity index (χ3n) is 5.09. The van der Waals surface area contributed by atoms with Crippen molar-refractivity contribution in [2.75, 3.05) is 5.32 Å². The second kappa shape index (κ2) is 6.86. The number of rotatable bonds is 4. The van der Waals surface area contributed by atoms with E-state index in [9.17, 15) is 4.79 Å². The molecule has 0 aliphatic carbocycles. The minimum Gasteiger partial charge on any atom is -0.360 e. The van der Waals surface area contributed by atoms with Crippen LogP contribution in [-0.4, -0.2) is 31.9 Å². The summed E-state index contributed by atoms with van der Waals surface area (Å²) in [6, 6.07) is 6.08. The van der Waals surface area contributed by atoms with Crippen molar-refractivity contribution in [2.24, 2.45) is 4.99 Å². The molecule has 5 rings (SSSR count). The number of H-pyrrole nitrogens is 1. The molecule has 2 N–H and O–H groups in total. The van der Waals surface area contributed by atoms with Gasteiger partial charge in [0, 0.05) is 41.7 Å². The molecule has 7 nitrogen and oxygen atoms in total. The Bertz CT molecular complexity index is 1290. The molecule has 0 fully saturated rings. The first-order valence-corrected chi connectivity index (χ1v) is 9.64. The summed E-state index contributed by atoms with van der Waals surface area (Å²) in [6.07, 6.45) is 8.81. The number of fused-ring (bicyclic) bond motifs is 2. The van der Waals surface area contributed by atoms with Crippen LogP contribution in [-0.2, 0) is 13.1 Å². The molecule has 1 aliphatic heterocycles. The van der Waals surface area contributed by atoms with Gasteiger partial charge < -0.3 is 10.3 Å². The van der Waals surface area contributed by atoms with Gasteiger partial charge in [-0.15, -0.1) is 0 Å². The van der Waals surface area contributed by atoms with E-state index in [1.54, 1.807) is 17.1 Å². The fourth-order valence-electron chi connectivity index (χ4n) is 3.71. The molecule has 1 aromatic carbocycles. The van der Waals surface area contributed by atoms with Crippen LogP contribution in [0.25, 0.3) is 22.0 Å². The van der Waals surface area contributed by atoms with Crippen LogP contribution in [0.15, 0.2) is 48.0 Å². The number of carbonyl (C=O) groups excluding carboxylic acids is 1. The topological polar surface area (TPSA) is 88.0 Å². The highest BCUT2D eigenvalue weighted by atomic mass is 35.5. The minimum absolute atomic E-state index is 0.299. The van der Waals surface area contributed by atoms with Crippen LogP contribution >= 0.6 is 11.6 Å². The number of nitrogens with zero attached hydrogens (tertiary/aromatic N) is 4. The molecule has 1 aliphatic rings. The van der Waals surface area contributed by atoms with Crippen LogP contribution in [0.3, 0.4) is 0 Å². The Morgan fingerprint density at radius 3 is 3.07 bits per heavy atom. The number of carbonyl (C=O) groups is 1. The molecule has 0 spiro atoms. The van der Waals surface area contributed by atoms with Gasteiger partial charge >= 0.3 is 0 Å². The molecule has 8 heteroatoms. The van der Waals surface area contributed by atoms with Gasteiger partial charge in [0.1, 0.15) is 5.69 Å². The Kier molecular flexibility index (Phi) is 4.17. The average Bonchev–Trinajstić information content (AvgIpc) is 3.46. The number of anilines is 1. The number of aliphatic imine (C=N–C) groups is 1. The monoisotopic (exact) mass is 404 g/mol. The van der Waals surface area contributed by atoms with Crippen molar-refractivity contribution in [3.63, 3.8) is 0 Å². The molecule has 0 atom stereocenters. The first-order chi connectivity index (χ1) is 14.2. The maximum absolute atomic E-state index is 13.0. The Balaban J connectivity index is 1.60. The highest BCUT2D eigenvalue weighted by Crippen LogP contribution is 2.34. The van der Waals surface area contributed by atoms with Crippen LogP contribution in [0.1, 0.15) is 28.5 Å². The average molecular weight is 405 g/mol. The zero-order chi connectivity index (χ0) is 20.0. The van der Waals surface area contributed by atoms with Gasteiger partial charge in [0.2, 0.25) is 0 Å². The van der Waals surface area contributed by atoms with Gasteiger partial charge in [-0.2, -0.15) is 5.10 Å². The minimum atomic E-state index is -0.299. The number of nitrogens with one attached hydrogen (secondary N) is 2. The van der Waals surface area contributed by atoms with Crippen LogP contribution in [0.2, 0.25) is 5.02 Å². The molecule has 0 radical (unpaired) electrons. The predicted octanol–water partition coefficient (Wildman–Crippen LogP) is 4.28. The summed E-state index contributed by atoms with van der Waals surface area (Å²) in [7, 11) is 0. The van der Waals surface area contributed by atoms with Gasteiger partial charge in [0.05, 0.1) is 35.2 Å². The summed E-state index contributed by atoms with van der Waals surface area (Å²) >= 11 is 6.20. The summed E-state index contributed by atoms with van der Waals surface area (Å²) in [5, 5.41) is 8.56. The molecule has 1 amide bonds. The molecule has 144 valence electrons. The molecule has 0 bridgehead atoms. The third kappa shape index (κ3) is 2.91. The number of halogens is 1. The zero-order valence-corrected chi connectivity index (χ0v) is 16.4. The number of aromatic amines is 1. The highest BCUT2D eigenvalue weighted by Gasteiger charge is 2.21. The van der Waals surface area contributed by atoms with Crippen molar-refractivity contribution in [1.29, 1.82) is 0 Å². The summed E-state index contributed by atoms with van der Waals surface area (Å²) in [6.45, 7) is 3.04. The van der Waals surface area contributed by atoms with Crippen molar-refractivity contribution < 1.29 is 4.79 Å². The number of aromatic nitrogens is 4.